The van der Waals surface area contributed by atoms with E-state index in [1.165, 1.54) is 18.4 Å². The van der Waals surface area contributed by atoms with Crippen LogP contribution in [0.4, 0.5) is 0 Å². The predicted molar refractivity (Wildman–Crippen MR) is 80.6 cm³/mol. The van der Waals surface area contributed by atoms with Gasteiger partial charge in [-0.25, -0.2) is 0 Å². The first-order valence-corrected chi connectivity index (χ1v) is 7.35. The van der Waals surface area contributed by atoms with E-state index in [0.717, 1.165) is 30.6 Å². The number of methoxy groups -OCH3 is 1. The molecule has 0 radical (unpaired) electrons. The number of para-hydroxylation sites is 2. The molecule has 1 aromatic heterocycles. The Morgan fingerprint density at radius 2 is 2.10 bits per heavy atom. The first-order valence-electron chi connectivity index (χ1n) is 7.35. The third-order valence-electron chi connectivity index (χ3n) is 3.51. The first kappa shape index (κ1) is 13.9. The van der Waals surface area contributed by atoms with Crippen LogP contribution in [0.3, 0.4) is 0 Å². The van der Waals surface area contributed by atoms with Crippen LogP contribution >= 0.6 is 0 Å². The zero-order chi connectivity index (χ0) is 14.5. The minimum absolute atomic E-state index is 0.567. The maximum Gasteiger partial charge on any atom is 0.161 e. The molecule has 0 saturated heterocycles. The molecular formula is C16H21N3O2. The molecule has 112 valence electrons. The molecule has 0 unspecified atom stereocenters. The average Bonchev–Trinajstić information content (AvgIpc) is 3.24. The monoisotopic (exact) mass is 287 g/mol. The summed E-state index contributed by atoms with van der Waals surface area (Å²) < 4.78 is 12.9. The topological polar surface area (TPSA) is 48.3 Å². The molecule has 0 bridgehead atoms. The number of hydrogen-bond acceptors (Lipinski definition) is 4. The number of hydrogen-bond donors (Lipinski definition) is 1. The average molecular weight is 287 g/mol. The standard InChI is InChI=1S/C16H21N3O2/c1-20-15-4-2-3-5-16(15)21-9-8-19-12-13(11-18-19)10-17-14-6-7-14/h2-5,11-12,14,17H,6-10H2,1H3. The van der Waals surface area contributed by atoms with Crippen LogP contribution in [0.1, 0.15) is 18.4 Å². The SMILES string of the molecule is COc1ccccc1OCCn1cc(CNC2CC2)cn1. The van der Waals surface area contributed by atoms with E-state index < -0.39 is 0 Å². The van der Waals surface area contributed by atoms with Crippen LogP contribution in [0.5, 0.6) is 11.5 Å². The molecule has 1 aromatic carbocycles. The summed E-state index contributed by atoms with van der Waals surface area (Å²) in [5.74, 6) is 1.52. The second kappa shape index (κ2) is 6.63. The van der Waals surface area contributed by atoms with Crippen LogP contribution in [-0.2, 0) is 13.1 Å². The minimum Gasteiger partial charge on any atom is -0.493 e. The fourth-order valence-electron chi connectivity index (χ4n) is 2.16. The normalized spacial score (nSPS) is 14.1. The van der Waals surface area contributed by atoms with Gasteiger partial charge >= 0.3 is 0 Å². The molecule has 1 heterocycles. The first-order chi connectivity index (χ1) is 10.3. The van der Waals surface area contributed by atoms with Crippen molar-refractivity contribution in [3.63, 3.8) is 0 Å². The van der Waals surface area contributed by atoms with Crippen LogP contribution < -0.4 is 14.8 Å². The summed E-state index contributed by atoms with van der Waals surface area (Å²) in [6.07, 6.45) is 6.60. The highest BCUT2D eigenvalue weighted by Crippen LogP contribution is 2.25. The van der Waals surface area contributed by atoms with Gasteiger partial charge in [0.1, 0.15) is 6.61 Å². The van der Waals surface area contributed by atoms with Gasteiger partial charge in [-0.1, -0.05) is 12.1 Å². The molecule has 1 N–H and O–H groups in total. The van der Waals surface area contributed by atoms with Crippen molar-refractivity contribution < 1.29 is 9.47 Å². The summed E-state index contributed by atoms with van der Waals surface area (Å²) in [6.45, 7) is 2.19. The Morgan fingerprint density at radius 3 is 2.86 bits per heavy atom. The van der Waals surface area contributed by atoms with Crippen molar-refractivity contribution >= 4 is 0 Å². The van der Waals surface area contributed by atoms with Crippen LogP contribution in [0.25, 0.3) is 0 Å². The van der Waals surface area contributed by atoms with Gasteiger partial charge in [-0.15, -0.1) is 0 Å². The van der Waals surface area contributed by atoms with E-state index in [4.69, 9.17) is 9.47 Å². The molecule has 1 aliphatic carbocycles. The zero-order valence-electron chi connectivity index (χ0n) is 12.3. The highest BCUT2D eigenvalue weighted by atomic mass is 16.5. The van der Waals surface area contributed by atoms with Crippen molar-refractivity contribution in [2.45, 2.75) is 32.0 Å². The van der Waals surface area contributed by atoms with Gasteiger partial charge < -0.3 is 14.8 Å². The van der Waals surface area contributed by atoms with E-state index >= 15 is 0 Å². The number of nitrogens with zero attached hydrogens (tertiary/aromatic N) is 2. The quantitative estimate of drug-likeness (QED) is 0.809. The molecule has 1 fully saturated rings. The van der Waals surface area contributed by atoms with Crippen molar-refractivity contribution in [1.82, 2.24) is 15.1 Å². The third kappa shape index (κ3) is 3.98. The molecule has 2 aromatic rings. The smallest absolute Gasteiger partial charge is 0.161 e. The summed E-state index contributed by atoms with van der Waals surface area (Å²) in [6, 6.07) is 8.39. The number of rotatable bonds is 8. The number of ether oxygens (including phenoxy) is 2. The van der Waals surface area contributed by atoms with Gasteiger partial charge in [0.15, 0.2) is 11.5 Å². The highest BCUT2D eigenvalue weighted by molar-refractivity contribution is 5.39. The molecule has 21 heavy (non-hydrogen) atoms. The van der Waals surface area contributed by atoms with Crippen LogP contribution in [-0.4, -0.2) is 29.5 Å². The number of benzene rings is 1. The van der Waals surface area contributed by atoms with Crippen LogP contribution in [0.15, 0.2) is 36.7 Å². The Bertz CT molecular complexity index is 578. The second-order valence-corrected chi connectivity index (χ2v) is 5.27. The summed E-state index contributed by atoms with van der Waals surface area (Å²) in [5.41, 5.74) is 1.22. The van der Waals surface area contributed by atoms with Crippen molar-refractivity contribution in [1.29, 1.82) is 0 Å². The van der Waals surface area contributed by atoms with Gasteiger partial charge in [-0.2, -0.15) is 5.10 Å². The molecule has 0 spiro atoms. The Labute approximate surface area is 124 Å². The van der Waals surface area contributed by atoms with E-state index in [0.29, 0.717) is 6.61 Å². The molecule has 0 atom stereocenters. The summed E-state index contributed by atoms with van der Waals surface area (Å²) in [7, 11) is 1.65. The van der Waals surface area contributed by atoms with Gasteiger partial charge in [-0.05, 0) is 25.0 Å². The summed E-state index contributed by atoms with van der Waals surface area (Å²) >= 11 is 0. The van der Waals surface area contributed by atoms with Crippen molar-refractivity contribution in [3.8, 4) is 11.5 Å². The minimum atomic E-state index is 0.567. The molecule has 5 heteroatoms. The maximum atomic E-state index is 5.75. The van der Waals surface area contributed by atoms with Gasteiger partial charge in [0, 0.05) is 24.3 Å². The number of aromatic nitrogens is 2. The van der Waals surface area contributed by atoms with Crippen molar-refractivity contribution in [2.24, 2.45) is 0 Å². The number of nitrogens with one attached hydrogen (secondary N) is 1. The fourth-order valence-corrected chi connectivity index (χ4v) is 2.16. The molecule has 0 amide bonds. The van der Waals surface area contributed by atoms with E-state index in [1.54, 1.807) is 7.11 Å². The second-order valence-electron chi connectivity index (χ2n) is 5.27. The van der Waals surface area contributed by atoms with Crippen LogP contribution in [0.2, 0.25) is 0 Å². The Balaban J connectivity index is 1.46. The van der Waals surface area contributed by atoms with E-state index in [-0.39, 0.29) is 0 Å². The van der Waals surface area contributed by atoms with E-state index in [2.05, 4.69) is 16.6 Å². The van der Waals surface area contributed by atoms with Gasteiger partial charge in [0.05, 0.1) is 19.9 Å². The lowest BCUT2D eigenvalue weighted by Gasteiger charge is -2.10. The van der Waals surface area contributed by atoms with Gasteiger partial charge in [0.25, 0.3) is 0 Å². The molecule has 3 rings (SSSR count). The highest BCUT2D eigenvalue weighted by Gasteiger charge is 2.20. The Kier molecular flexibility index (Phi) is 4.40. The molecule has 1 aliphatic rings. The lowest BCUT2D eigenvalue weighted by molar-refractivity contribution is 0.274. The lowest BCUT2D eigenvalue weighted by atomic mass is 10.3. The van der Waals surface area contributed by atoms with E-state index in [1.807, 2.05) is 35.1 Å². The Hall–Kier alpha value is -2.01. The van der Waals surface area contributed by atoms with Crippen LogP contribution in [0, 0.1) is 0 Å². The molecule has 0 aliphatic heterocycles. The molecule has 5 nitrogen and oxygen atoms in total. The summed E-state index contributed by atoms with van der Waals surface area (Å²) in [5, 5.41) is 7.84. The van der Waals surface area contributed by atoms with Crippen molar-refractivity contribution in [3.05, 3.63) is 42.2 Å². The van der Waals surface area contributed by atoms with Gasteiger partial charge in [0.2, 0.25) is 0 Å². The largest absolute Gasteiger partial charge is 0.493 e. The lowest BCUT2D eigenvalue weighted by Crippen LogP contribution is -2.14. The molecule has 1 saturated carbocycles. The third-order valence-corrected chi connectivity index (χ3v) is 3.51. The maximum absolute atomic E-state index is 5.75. The Morgan fingerprint density at radius 1 is 1.29 bits per heavy atom. The molecular weight excluding hydrogens is 266 g/mol. The zero-order valence-corrected chi connectivity index (χ0v) is 12.3. The van der Waals surface area contributed by atoms with Crippen molar-refractivity contribution in [2.75, 3.05) is 13.7 Å². The van der Waals surface area contributed by atoms with E-state index in [9.17, 15) is 0 Å². The van der Waals surface area contributed by atoms with Gasteiger partial charge in [-0.3, -0.25) is 4.68 Å². The summed E-state index contributed by atoms with van der Waals surface area (Å²) in [4.78, 5) is 0. The predicted octanol–water partition coefficient (Wildman–Crippen LogP) is 2.22. The fraction of sp³-hybridized carbons (Fsp3) is 0.438.